The molecular formula is C16H17Cl2NO. The van der Waals surface area contributed by atoms with E-state index in [1.165, 1.54) is 5.56 Å². The molecule has 2 nitrogen and oxygen atoms in total. The summed E-state index contributed by atoms with van der Waals surface area (Å²) in [7, 11) is 0. The largest absolute Gasteiger partial charge is 0.388 e. The Labute approximate surface area is 129 Å². The fourth-order valence-corrected chi connectivity index (χ4v) is 2.63. The van der Waals surface area contributed by atoms with Crippen LogP contribution in [0.1, 0.15) is 28.7 Å². The first-order valence-corrected chi connectivity index (χ1v) is 7.18. The van der Waals surface area contributed by atoms with Gasteiger partial charge in [0.25, 0.3) is 0 Å². The summed E-state index contributed by atoms with van der Waals surface area (Å²) in [4.78, 5) is 0. The summed E-state index contributed by atoms with van der Waals surface area (Å²) < 4.78 is 0. The minimum Gasteiger partial charge on any atom is -0.388 e. The van der Waals surface area contributed by atoms with Crippen molar-refractivity contribution in [2.45, 2.75) is 18.9 Å². The molecular weight excluding hydrogens is 293 g/mol. The third-order valence-electron chi connectivity index (χ3n) is 3.42. The number of aryl methyl sites for hydroxylation is 1. The van der Waals surface area contributed by atoms with Gasteiger partial charge in [0.15, 0.2) is 0 Å². The quantitative estimate of drug-likeness (QED) is 0.894. The molecule has 0 saturated heterocycles. The molecule has 2 rings (SSSR count). The molecule has 2 aromatic rings. The molecule has 0 aliphatic rings. The molecule has 0 spiro atoms. The molecule has 0 aromatic heterocycles. The highest BCUT2D eigenvalue weighted by molar-refractivity contribution is 6.33. The number of hydrogen-bond donors (Lipinski definition) is 2. The van der Waals surface area contributed by atoms with Crippen LogP contribution < -0.4 is 5.73 Å². The smallest absolute Gasteiger partial charge is 0.0885 e. The van der Waals surface area contributed by atoms with Crippen molar-refractivity contribution in [3.05, 3.63) is 69.2 Å². The van der Waals surface area contributed by atoms with Crippen molar-refractivity contribution in [2.24, 2.45) is 5.73 Å². The van der Waals surface area contributed by atoms with Gasteiger partial charge >= 0.3 is 0 Å². The number of nitrogens with two attached hydrogens (primary N) is 1. The Balaban J connectivity index is 2.35. The van der Waals surface area contributed by atoms with Gasteiger partial charge in [0, 0.05) is 28.1 Å². The lowest BCUT2D eigenvalue weighted by atomic mass is 9.89. The van der Waals surface area contributed by atoms with Crippen molar-refractivity contribution in [3.8, 4) is 0 Å². The van der Waals surface area contributed by atoms with Crippen LogP contribution in [-0.2, 0) is 0 Å². The Morgan fingerprint density at radius 2 is 1.75 bits per heavy atom. The van der Waals surface area contributed by atoms with E-state index in [1.54, 1.807) is 18.2 Å². The molecule has 0 saturated carbocycles. The molecule has 20 heavy (non-hydrogen) atoms. The summed E-state index contributed by atoms with van der Waals surface area (Å²) in [5.74, 6) is -0.216. The van der Waals surface area contributed by atoms with Crippen molar-refractivity contribution >= 4 is 23.2 Å². The van der Waals surface area contributed by atoms with Gasteiger partial charge in [-0.3, -0.25) is 0 Å². The lowest BCUT2D eigenvalue weighted by Crippen LogP contribution is -2.20. The van der Waals surface area contributed by atoms with Crippen LogP contribution in [0.4, 0.5) is 0 Å². The first kappa shape index (κ1) is 15.3. The van der Waals surface area contributed by atoms with Gasteiger partial charge in [-0.1, -0.05) is 53.0 Å². The van der Waals surface area contributed by atoms with Gasteiger partial charge in [-0.05, 0) is 30.7 Å². The van der Waals surface area contributed by atoms with Gasteiger partial charge in [-0.25, -0.2) is 0 Å². The molecule has 0 amide bonds. The van der Waals surface area contributed by atoms with E-state index >= 15 is 0 Å². The van der Waals surface area contributed by atoms with Crippen molar-refractivity contribution in [2.75, 3.05) is 6.54 Å². The molecule has 0 aliphatic heterocycles. The number of aliphatic hydroxyl groups is 1. The van der Waals surface area contributed by atoms with Crippen LogP contribution in [0.2, 0.25) is 10.0 Å². The zero-order valence-corrected chi connectivity index (χ0v) is 12.7. The van der Waals surface area contributed by atoms with Crippen LogP contribution in [0.3, 0.4) is 0 Å². The molecule has 2 unspecified atom stereocenters. The minimum absolute atomic E-state index is 0.216. The normalized spacial score (nSPS) is 14.1. The Hall–Kier alpha value is -1.06. The van der Waals surface area contributed by atoms with Gasteiger partial charge in [0.2, 0.25) is 0 Å². The Morgan fingerprint density at radius 3 is 2.35 bits per heavy atom. The first-order chi connectivity index (χ1) is 9.52. The molecule has 0 bridgehead atoms. The molecule has 3 N–H and O–H groups in total. The van der Waals surface area contributed by atoms with Gasteiger partial charge in [-0.2, -0.15) is 0 Å². The maximum absolute atomic E-state index is 10.6. The van der Waals surface area contributed by atoms with Gasteiger partial charge in [0.05, 0.1) is 6.10 Å². The van der Waals surface area contributed by atoms with E-state index in [9.17, 15) is 5.11 Å². The number of aliphatic hydroxyl groups excluding tert-OH is 1. The van der Waals surface area contributed by atoms with E-state index in [0.717, 1.165) is 5.56 Å². The SMILES string of the molecule is Cc1ccc(C(CN)C(O)c2cc(Cl)ccc2Cl)cc1. The first-order valence-electron chi connectivity index (χ1n) is 6.42. The van der Waals surface area contributed by atoms with Gasteiger partial charge < -0.3 is 10.8 Å². The van der Waals surface area contributed by atoms with Crippen LogP contribution in [0.25, 0.3) is 0 Å². The summed E-state index contributed by atoms with van der Waals surface area (Å²) >= 11 is 12.1. The molecule has 0 radical (unpaired) electrons. The van der Waals surface area contributed by atoms with E-state index < -0.39 is 6.10 Å². The lowest BCUT2D eigenvalue weighted by molar-refractivity contribution is 0.147. The average Bonchev–Trinajstić information content (AvgIpc) is 2.44. The predicted molar refractivity (Wildman–Crippen MR) is 84.4 cm³/mol. The highest BCUT2D eigenvalue weighted by Gasteiger charge is 2.23. The fourth-order valence-electron chi connectivity index (χ4n) is 2.22. The molecule has 0 heterocycles. The second-order valence-corrected chi connectivity index (χ2v) is 5.71. The maximum Gasteiger partial charge on any atom is 0.0885 e. The zero-order valence-electron chi connectivity index (χ0n) is 11.2. The summed E-state index contributed by atoms with van der Waals surface area (Å²) in [5, 5.41) is 11.6. The molecule has 2 atom stereocenters. The van der Waals surface area contributed by atoms with E-state index in [-0.39, 0.29) is 5.92 Å². The van der Waals surface area contributed by atoms with Crippen LogP contribution in [0, 0.1) is 6.92 Å². The van der Waals surface area contributed by atoms with Crippen LogP contribution in [0.15, 0.2) is 42.5 Å². The van der Waals surface area contributed by atoms with Crippen LogP contribution in [0.5, 0.6) is 0 Å². The van der Waals surface area contributed by atoms with Crippen LogP contribution >= 0.6 is 23.2 Å². The molecule has 2 aromatic carbocycles. The van der Waals surface area contributed by atoms with Crippen molar-refractivity contribution in [1.82, 2.24) is 0 Å². The number of halogens is 2. The fraction of sp³-hybridized carbons (Fsp3) is 0.250. The summed E-state index contributed by atoms with van der Waals surface area (Å²) in [5.41, 5.74) is 8.59. The lowest BCUT2D eigenvalue weighted by Gasteiger charge is -2.23. The summed E-state index contributed by atoms with van der Waals surface area (Å²) in [6.45, 7) is 2.35. The number of rotatable bonds is 4. The van der Waals surface area contributed by atoms with Crippen molar-refractivity contribution < 1.29 is 5.11 Å². The Kier molecular flexibility index (Phi) is 5.06. The maximum atomic E-state index is 10.6. The second-order valence-electron chi connectivity index (χ2n) is 4.86. The van der Waals surface area contributed by atoms with E-state index in [2.05, 4.69) is 0 Å². The zero-order chi connectivity index (χ0) is 14.7. The van der Waals surface area contributed by atoms with E-state index in [1.807, 2.05) is 31.2 Å². The standard InChI is InChI=1S/C16H17Cl2NO/c1-10-2-4-11(5-3-10)14(9-19)16(20)13-8-12(17)6-7-15(13)18/h2-8,14,16,20H,9,19H2,1H3. The van der Waals surface area contributed by atoms with Crippen LogP contribution in [-0.4, -0.2) is 11.7 Å². The number of benzene rings is 2. The third kappa shape index (κ3) is 3.33. The summed E-state index contributed by atoms with van der Waals surface area (Å²) in [6, 6.07) is 13.0. The van der Waals surface area contributed by atoms with E-state index in [4.69, 9.17) is 28.9 Å². The Morgan fingerprint density at radius 1 is 1.10 bits per heavy atom. The second kappa shape index (κ2) is 6.59. The average molecular weight is 310 g/mol. The minimum atomic E-state index is -0.783. The molecule has 4 heteroatoms. The molecule has 0 fully saturated rings. The highest BCUT2D eigenvalue weighted by Crippen LogP contribution is 2.35. The topological polar surface area (TPSA) is 46.2 Å². The van der Waals surface area contributed by atoms with Gasteiger partial charge in [-0.15, -0.1) is 0 Å². The Bertz CT molecular complexity index is 584. The molecule has 0 aliphatic carbocycles. The van der Waals surface area contributed by atoms with Gasteiger partial charge in [0.1, 0.15) is 0 Å². The van der Waals surface area contributed by atoms with E-state index in [0.29, 0.717) is 22.2 Å². The molecule has 106 valence electrons. The third-order valence-corrected chi connectivity index (χ3v) is 4.00. The number of hydrogen-bond acceptors (Lipinski definition) is 2. The highest BCUT2D eigenvalue weighted by atomic mass is 35.5. The summed E-state index contributed by atoms with van der Waals surface area (Å²) in [6.07, 6.45) is -0.783. The monoisotopic (exact) mass is 309 g/mol. The predicted octanol–water partition coefficient (Wildman–Crippen LogP) is 4.08. The van der Waals surface area contributed by atoms with Crippen molar-refractivity contribution in [1.29, 1.82) is 0 Å². The van der Waals surface area contributed by atoms with Crippen molar-refractivity contribution in [3.63, 3.8) is 0 Å².